The van der Waals surface area contributed by atoms with Crippen LogP contribution in [-0.4, -0.2) is 47.8 Å². The normalized spacial score (nSPS) is 15.8. The molecule has 3 aromatic rings. The SMILES string of the molecule is COC(=O)/C=C/c1ccc2c(c1)CCC2N(CCO)CCc1c[nH]c2ccc(Cl)cc12. The van der Waals surface area contributed by atoms with Crippen molar-refractivity contribution in [2.45, 2.75) is 25.3 Å². The molecule has 6 heteroatoms. The fourth-order valence-electron chi connectivity index (χ4n) is 4.50. The highest BCUT2D eigenvalue weighted by Crippen LogP contribution is 2.36. The van der Waals surface area contributed by atoms with Crippen LogP contribution in [0.25, 0.3) is 17.0 Å². The van der Waals surface area contributed by atoms with E-state index in [1.165, 1.54) is 29.9 Å². The lowest BCUT2D eigenvalue weighted by Gasteiger charge is -2.29. The van der Waals surface area contributed by atoms with Crippen LogP contribution in [0.3, 0.4) is 0 Å². The molecule has 1 aromatic heterocycles. The molecule has 162 valence electrons. The lowest BCUT2D eigenvalue weighted by atomic mass is 10.0. The summed E-state index contributed by atoms with van der Waals surface area (Å²) < 4.78 is 4.67. The minimum absolute atomic E-state index is 0.130. The van der Waals surface area contributed by atoms with E-state index in [9.17, 15) is 9.90 Å². The molecule has 1 unspecified atom stereocenters. The number of halogens is 1. The van der Waals surface area contributed by atoms with Crippen molar-refractivity contribution in [3.63, 3.8) is 0 Å². The highest BCUT2D eigenvalue weighted by Gasteiger charge is 2.27. The second kappa shape index (κ2) is 9.69. The second-order valence-electron chi connectivity index (χ2n) is 7.88. The molecule has 0 fully saturated rings. The summed E-state index contributed by atoms with van der Waals surface area (Å²) in [7, 11) is 1.38. The minimum atomic E-state index is -0.355. The van der Waals surface area contributed by atoms with Gasteiger partial charge < -0.3 is 14.8 Å². The number of H-pyrrole nitrogens is 1. The number of nitrogens with one attached hydrogen (secondary N) is 1. The number of carbonyl (C=O) groups excluding carboxylic acids is 1. The molecule has 0 radical (unpaired) electrons. The van der Waals surface area contributed by atoms with E-state index in [0.717, 1.165) is 47.3 Å². The summed E-state index contributed by atoms with van der Waals surface area (Å²) in [6, 6.07) is 12.5. The molecule has 0 saturated carbocycles. The Balaban J connectivity index is 1.50. The number of aromatic nitrogens is 1. The summed E-state index contributed by atoms with van der Waals surface area (Å²) in [5.41, 5.74) is 5.94. The van der Waals surface area contributed by atoms with E-state index in [4.69, 9.17) is 11.6 Å². The Hall–Kier alpha value is -2.60. The average Bonchev–Trinajstić information content (AvgIpc) is 3.38. The number of esters is 1. The number of aryl methyl sites for hydroxylation is 1. The molecule has 1 aliphatic rings. The average molecular weight is 439 g/mol. The van der Waals surface area contributed by atoms with E-state index < -0.39 is 0 Å². The zero-order valence-electron chi connectivity index (χ0n) is 17.6. The van der Waals surface area contributed by atoms with Crippen LogP contribution in [0.4, 0.5) is 0 Å². The quantitative estimate of drug-likeness (QED) is 0.400. The van der Waals surface area contributed by atoms with Crippen molar-refractivity contribution in [3.05, 3.63) is 75.9 Å². The molecule has 2 aromatic carbocycles. The Bertz CT molecular complexity index is 1110. The molecule has 0 bridgehead atoms. The number of rotatable bonds is 8. The number of methoxy groups -OCH3 is 1. The van der Waals surface area contributed by atoms with Crippen LogP contribution in [0.5, 0.6) is 0 Å². The van der Waals surface area contributed by atoms with Crippen molar-refractivity contribution in [1.82, 2.24) is 9.88 Å². The number of hydrogen-bond donors (Lipinski definition) is 2. The Morgan fingerprint density at radius 2 is 2.16 bits per heavy atom. The Labute approximate surface area is 187 Å². The first-order valence-electron chi connectivity index (χ1n) is 10.6. The van der Waals surface area contributed by atoms with Crippen molar-refractivity contribution < 1.29 is 14.6 Å². The molecular weight excluding hydrogens is 412 g/mol. The van der Waals surface area contributed by atoms with E-state index in [0.29, 0.717) is 6.54 Å². The van der Waals surface area contributed by atoms with Gasteiger partial charge in [-0.15, -0.1) is 0 Å². The van der Waals surface area contributed by atoms with Crippen LogP contribution in [-0.2, 0) is 22.4 Å². The molecule has 2 N–H and O–H groups in total. The third-order valence-corrected chi connectivity index (χ3v) is 6.29. The van der Waals surface area contributed by atoms with Gasteiger partial charge in [-0.1, -0.05) is 29.8 Å². The number of aliphatic hydroxyl groups excluding tert-OH is 1. The van der Waals surface area contributed by atoms with Gasteiger partial charge in [0.1, 0.15) is 0 Å². The first-order chi connectivity index (χ1) is 15.1. The Morgan fingerprint density at radius 1 is 1.29 bits per heavy atom. The maximum Gasteiger partial charge on any atom is 0.330 e. The molecule has 1 aliphatic carbocycles. The van der Waals surface area contributed by atoms with Crippen LogP contribution >= 0.6 is 11.6 Å². The molecule has 4 rings (SSSR count). The first-order valence-corrected chi connectivity index (χ1v) is 11.0. The standard InChI is InChI=1S/C25H27ClN2O3/c1-31-25(30)9-3-17-2-6-21-18(14-17)4-8-24(21)28(12-13-29)11-10-19-16-27-23-7-5-20(26)15-22(19)23/h2-3,5-7,9,14-16,24,27,29H,4,8,10-13H2,1H3/b9-3+. The van der Waals surface area contributed by atoms with Crippen LogP contribution < -0.4 is 0 Å². The summed E-state index contributed by atoms with van der Waals surface area (Å²) in [5.74, 6) is -0.355. The first kappa shape index (κ1) is 21.6. The van der Waals surface area contributed by atoms with Gasteiger partial charge in [-0.05, 0) is 65.8 Å². The van der Waals surface area contributed by atoms with Crippen LogP contribution in [0, 0.1) is 0 Å². The van der Waals surface area contributed by atoms with Gasteiger partial charge in [0.25, 0.3) is 0 Å². The fourth-order valence-corrected chi connectivity index (χ4v) is 4.68. The summed E-state index contributed by atoms with van der Waals surface area (Å²) in [6.07, 6.45) is 8.18. The van der Waals surface area contributed by atoms with Gasteiger partial charge in [0.15, 0.2) is 0 Å². The molecular formula is C25H27ClN2O3. The molecule has 31 heavy (non-hydrogen) atoms. The Kier molecular flexibility index (Phi) is 6.76. The molecule has 1 heterocycles. The van der Waals surface area contributed by atoms with E-state index in [1.54, 1.807) is 6.08 Å². The molecule has 5 nitrogen and oxygen atoms in total. The number of aliphatic hydroxyl groups is 1. The number of benzene rings is 2. The molecule has 0 aliphatic heterocycles. The largest absolute Gasteiger partial charge is 0.466 e. The number of carbonyl (C=O) groups is 1. The number of hydrogen-bond acceptors (Lipinski definition) is 4. The monoisotopic (exact) mass is 438 g/mol. The maximum absolute atomic E-state index is 11.4. The van der Waals surface area contributed by atoms with Crippen molar-refractivity contribution in [3.8, 4) is 0 Å². The molecule has 0 saturated heterocycles. The maximum atomic E-state index is 11.4. The third kappa shape index (κ3) is 4.85. The van der Waals surface area contributed by atoms with Crippen LogP contribution in [0.2, 0.25) is 5.02 Å². The topological polar surface area (TPSA) is 65.6 Å². The van der Waals surface area contributed by atoms with E-state index in [1.807, 2.05) is 24.3 Å². The van der Waals surface area contributed by atoms with Gasteiger partial charge >= 0.3 is 5.97 Å². The predicted molar refractivity (Wildman–Crippen MR) is 124 cm³/mol. The molecule has 1 atom stereocenters. The number of ether oxygens (including phenoxy) is 1. The minimum Gasteiger partial charge on any atom is -0.466 e. The summed E-state index contributed by atoms with van der Waals surface area (Å²) in [6.45, 7) is 1.62. The zero-order chi connectivity index (χ0) is 21.8. The lowest BCUT2D eigenvalue weighted by molar-refractivity contribution is -0.134. The van der Waals surface area contributed by atoms with Gasteiger partial charge in [0, 0.05) is 47.3 Å². The Morgan fingerprint density at radius 3 is 2.97 bits per heavy atom. The highest BCUT2D eigenvalue weighted by atomic mass is 35.5. The smallest absolute Gasteiger partial charge is 0.330 e. The van der Waals surface area contributed by atoms with Gasteiger partial charge in [-0.2, -0.15) is 0 Å². The number of fused-ring (bicyclic) bond motifs is 2. The molecule has 0 amide bonds. The van der Waals surface area contributed by atoms with Crippen molar-refractivity contribution >= 4 is 34.5 Å². The summed E-state index contributed by atoms with van der Waals surface area (Å²) in [4.78, 5) is 17.0. The van der Waals surface area contributed by atoms with Crippen LogP contribution in [0.15, 0.2) is 48.7 Å². The van der Waals surface area contributed by atoms with Gasteiger partial charge in [0.2, 0.25) is 0 Å². The number of nitrogens with zero attached hydrogens (tertiary/aromatic N) is 1. The van der Waals surface area contributed by atoms with E-state index >= 15 is 0 Å². The fraction of sp³-hybridized carbons (Fsp3) is 0.320. The van der Waals surface area contributed by atoms with Crippen LogP contribution in [0.1, 0.15) is 34.7 Å². The van der Waals surface area contributed by atoms with Crippen molar-refractivity contribution in [1.29, 1.82) is 0 Å². The lowest BCUT2D eigenvalue weighted by Crippen LogP contribution is -2.32. The highest BCUT2D eigenvalue weighted by molar-refractivity contribution is 6.31. The van der Waals surface area contributed by atoms with Crippen molar-refractivity contribution in [2.24, 2.45) is 0 Å². The van der Waals surface area contributed by atoms with E-state index in [-0.39, 0.29) is 18.6 Å². The second-order valence-corrected chi connectivity index (χ2v) is 8.32. The molecule has 0 spiro atoms. The third-order valence-electron chi connectivity index (χ3n) is 6.05. The van der Waals surface area contributed by atoms with E-state index in [2.05, 4.69) is 33.0 Å². The zero-order valence-corrected chi connectivity index (χ0v) is 18.4. The predicted octanol–water partition coefficient (Wildman–Crippen LogP) is 4.53. The van der Waals surface area contributed by atoms with Crippen molar-refractivity contribution in [2.75, 3.05) is 26.8 Å². The van der Waals surface area contributed by atoms with Gasteiger partial charge in [-0.25, -0.2) is 4.79 Å². The summed E-state index contributed by atoms with van der Waals surface area (Å²) in [5, 5.41) is 11.6. The number of aromatic amines is 1. The van der Waals surface area contributed by atoms with Gasteiger partial charge in [-0.3, -0.25) is 4.90 Å². The summed E-state index contributed by atoms with van der Waals surface area (Å²) >= 11 is 6.19. The van der Waals surface area contributed by atoms with Gasteiger partial charge in [0.05, 0.1) is 13.7 Å².